The number of anilines is 1. The lowest BCUT2D eigenvalue weighted by atomic mass is 10.1. The van der Waals surface area contributed by atoms with Crippen LogP contribution in [0.2, 0.25) is 0 Å². The number of amides is 1. The van der Waals surface area contributed by atoms with Crippen molar-refractivity contribution in [3.8, 4) is 5.75 Å². The number of carbonyl (C=O) groups is 1. The summed E-state index contributed by atoms with van der Waals surface area (Å²) in [4.78, 5) is 25.6. The topological polar surface area (TPSA) is 94.5 Å². The first-order chi connectivity index (χ1) is 15.0. The number of nitrogens with zero attached hydrogens (tertiary/aromatic N) is 1. The summed E-state index contributed by atoms with van der Waals surface area (Å²) in [6.45, 7) is 6.73. The van der Waals surface area contributed by atoms with Crippen LogP contribution < -0.4 is 15.6 Å². The molecule has 0 aliphatic carbocycles. The highest BCUT2D eigenvalue weighted by Gasteiger charge is 2.26. The van der Waals surface area contributed by atoms with Crippen LogP contribution in [0.3, 0.4) is 0 Å². The minimum atomic E-state index is -4.09. The highest BCUT2D eigenvalue weighted by molar-refractivity contribution is 7.91. The van der Waals surface area contributed by atoms with Crippen molar-refractivity contribution in [2.24, 2.45) is 0 Å². The van der Waals surface area contributed by atoms with Crippen molar-refractivity contribution < 1.29 is 17.9 Å². The van der Waals surface area contributed by atoms with Gasteiger partial charge in [0.15, 0.2) is 0 Å². The molecule has 0 aliphatic rings. The van der Waals surface area contributed by atoms with Gasteiger partial charge in [-0.2, -0.15) is 0 Å². The van der Waals surface area contributed by atoms with E-state index in [-0.39, 0.29) is 16.3 Å². The molecular formula is C24H26N2O5S. The molecule has 1 N–H and O–H groups in total. The molecule has 2 aromatic carbocycles. The van der Waals surface area contributed by atoms with Crippen LogP contribution in [-0.4, -0.2) is 26.0 Å². The van der Waals surface area contributed by atoms with Crippen LogP contribution in [0.1, 0.15) is 22.4 Å². The fourth-order valence-electron chi connectivity index (χ4n) is 3.51. The minimum absolute atomic E-state index is 0.0197. The van der Waals surface area contributed by atoms with Gasteiger partial charge in [0.05, 0.1) is 12.0 Å². The fourth-order valence-corrected chi connectivity index (χ4v) is 5.06. The molecule has 32 heavy (non-hydrogen) atoms. The zero-order valence-corrected chi connectivity index (χ0v) is 19.5. The van der Waals surface area contributed by atoms with Crippen molar-refractivity contribution in [1.29, 1.82) is 0 Å². The first-order valence-corrected chi connectivity index (χ1v) is 11.5. The zero-order chi connectivity index (χ0) is 23.6. The number of benzene rings is 2. The van der Waals surface area contributed by atoms with Crippen molar-refractivity contribution in [2.45, 2.75) is 44.0 Å². The Hall–Kier alpha value is -3.39. The number of carbonyl (C=O) groups excluding carboxylic acids is 1. The van der Waals surface area contributed by atoms with Crippen LogP contribution in [0.4, 0.5) is 5.69 Å². The summed E-state index contributed by atoms with van der Waals surface area (Å²) in [5, 5.41) is 2.81. The normalized spacial score (nSPS) is 11.3. The third-order valence-electron chi connectivity index (χ3n) is 5.26. The van der Waals surface area contributed by atoms with Gasteiger partial charge in [-0.25, -0.2) is 8.42 Å². The highest BCUT2D eigenvalue weighted by atomic mass is 32.2. The summed E-state index contributed by atoms with van der Waals surface area (Å²) >= 11 is 0. The van der Waals surface area contributed by atoms with Gasteiger partial charge >= 0.3 is 0 Å². The SMILES string of the molecule is COc1ccc(S(=O)(=O)c2c(C)cc(C)n(CC(=O)Nc3cc(C)ccc3C)c2=O)cc1. The van der Waals surface area contributed by atoms with Gasteiger partial charge in [0.2, 0.25) is 15.7 Å². The van der Waals surface area contributed by atoms with E-state index in [0.29, 0.717) is 22.7 Å². The van der Waals surface area contributed by atoms with Crippen molar-refractivity contribution >= 4 is 21.4 Å². The van der Waals surface area contributed by atoms with Gasteiger partial charge in [-0.15, -0.1) is 0 Å². The van der Waals surface area contributed by atoms with Crippen LogP contribution in [-0.2, 0) is 21.2 Å². The Morgan fingerprint density at radius 3 is 2.25 bits per heavy atom. The largest absolute Gasteiger partial charge is 0.497 e. The van der Waals surface area contributed by atoms with E-state index in [0.717, 1.165) is 11.1 Å². The molecule has 1 amide bonds. The Morgan fingerprint density at radius 1 is 0.969 bits per heavy atom. The molecule has 3 rings (SSSR count). The van der Waals surface area contributed by atoms with Gasteiger partial charge in [0.1, 0.15) is 17.2 Å². The third-order valence-corrected chi connectivity index (χ3v) is 7.18. The molecule has 7 nitrogen and oxygen atoms in total. The maximum absolute atomic E-state index is 13.2. The van der Waals surface area contributed by atoms with Crippen LogP contribution in [0.25, 0.3) is 0 Å². The Bertz CT molecular complexity index is 1340. The number of rotatable bonds is 6. The molecule has 0 saturated carbocycles. The molecule has 0 aliphatic heterocycles. The molecule has 1 aromatic heterocycles. The zero-order valence-electron chi connectivity index (χ0n) is 18.7. The number of hydrogen-bond acceptors (Lipinski definition) is 5. The van der Waals surface area contributed by atoms with E-state index in [1.54, 1.807) is 19.9 Å². The number of methoxy groups -OCH3 is 1. The summed E-state index contributed by atoms with van der Waals surface area (Å²) in [7, 11) is -2.61. The van der Waals surface area contributed by atoms with Gasteiger partial charge in [0, 0.05) is 11.4 Å². The number of pyridine rings is 1. The maximum Gasteiger partial charge on any atom is 0.270 e. The Balaban J connectivity index is 2.00. The van der Waals surface area contributed by atoms with Gasteiger partial charge in [-0.1, -0.05) is 12.1 Å². The summed E-state index contributed by atoms with van der Waals surface area (Å²) in [5.74, 6) is 0.0886. The number of aromatic nitrogens is 1. The monoisotopic (exact) mass is 454 g/mol. The van der Waals surface area contributed by atoms with E-state index in [2.05, 4.69) is 5.32 Å². The Labute approximate surface area is 187 Å². The van der Waals surface area contributed by atoms with E-state index < -0.39 is 21.3 Å². The predicted molar refractivity (Wildman–Crippen MR) is 123 cm³/mol. The molecule has 168 valence electrons. The van der Waals surface area contributed by atoms with Crippen LogP contribution in [0.15, 0.2) is 63.1 Å². The maximum atomic E-state index is 13.2. The molecule has 1 heterocycles. The lowest BCUT2D eigenvalue weighted by molar-refractivity contribution is -0.116. The molecule has 0 bridgehead atoms. The second-order valence-corrected chi connectivity index (χ2v) is 9.62. The first kappa shape index (κ1) is 23.3. The summed E-state index contributed by atoms with van der Waals surface area (Å²) < 4.78 is 32.7. The van der Waals surface area contributed by atoms with E-state index in [9.17, 15) is 18.0 Å². The average Bonchev–Trinajstić information content (AvgIpc) is 2.73. The number of sulfone groups is 1. The van der Waals surface area contributed by atoms with Gasteiger partial charge in [0.25, 0.3) is 5.56 Å². The smallest absolute Gasteiger partial charge is 0.270 e. The van der Waals surface area contributed by atoms with Crippen molar-refractivity contribution in [3.05, 3.63) is 81.3 Å². The van der Waals surface area contributed by atoms with Crippen molar-refractivity contribution in [2.75, 3.05) is 12.4 Å². The average molecular weight is 455 g/mol. The van der Waals surface area contributed by atoms with E-state index in [1.807, 2.05) is 32.0 Å². The van der Waals surface area contributed by atoms with Gasteiger partial charge in [-0.3, -0.25) is 9.59 Å². The molecular weight excluding hydrogens is 428 g/mol. The van der Waals surface area contributed by atoms with Crippen LogP contribution in [0, 0.1) is 27.7 Å². The lowest BCUT2D eigenvalue weighted by Gasteiger charge is -2.16. The minimum Gasteiger partial charge on any atom is -0.497 e. The number of nitrogens with one attached hydrogen (secondary N) is 1. The molecule has 3 aromatic rings. The van der Waals surface area contributed by atoms with E-state index in [4.69, 9.17) is 4.74 Å². The number of hydrogen-bond donors (Lipinski definition) is 1. The summed E-state index contributed by atoms with van der Waals surface area (Å²) in [5.41, 5.74) is 2.63. The van der Waals surface area contributed by atoms with Crippen LogP contribution in [0.5, 0.6) is 5.75 Å². The lowest BCUT2D eigenvalue weighted by Crippen LogP contribution is -2.33. The summed E-state index contributed by atoms with van der Waals surface area (Å²) in [6, 6.07) is 13.1. The molecule has 0 fully saturated rings. The van der Waals surface area contributed by atoms with Crippen molar-refractivity contribution in [3.63, 3.8) is 0 Å². The standard InChI is InChI=1S/C24H26N2O5S/c1-15-6-7-16(2)21(12-15)25-22(27)14-26-18(4)13-17(3)23(24(26)28)32(29,30)20-10-8-19(31-5)9-11-20/h6-13H,14H2,1-5H3,(H,25,27). The molecule has 0 unspecified atom stereocenters. The highest BCUT2D eigenvalue weighted by Crippen LogP contribution is 2.24. The third kappa shape index (κ3) is 4.60. The van der Waals surface area contributed by atoms with E-state index >= 15 is 0 Å². The summed E-state index contributed by atoms with van der Waals surface area (Å²) in [6.07, 6.45) is 0. The van der Waals surface area contributed by atoms with Crippen molar-refractivity contribution in [1.82, 2.24) is 4.57 Å². The fraction of sp³-hybridized carbons (Fsp3) is 0.250. The molecule has 0 spiro atoms. The van der Waals surface area contributed by atoms with Gasteiger partial charge < -0.3 is 14.6 Å². The quantitative estimate of drug-likeness (QED) is 0.615. The Morgan fingerprint density at radius 2 is 1.62 bits per heavy atom. The molecule has 0 saturated heterocycles. The molecule has 0 atom stereocenters. The molecule has 0 radical (unpaired) electrons. The Kier molecular flexibility index (Phi) is 6.55. The second-order valence-electron chi connectivity index (χ2n) is 7.73. The predicted octanol–water partition coefficient (Wildman–Crippen LogP) is 3.56. The second kappa shape index (κ2) is 9.00. The molecule has 8 heteroatoms. The number of ether oxygens (including phenoxy) is 1. The van der Waals surface area contributed by atoms with Gasteiger partial charge in [-0.05, 0) is 80.8 Å². The first-order valence-electron chi connectivity index (χ1n) is 10.0. The van der Waals surface area contributed by atoms with Crippen LogP contribution >= 0.6 is 0 Å². The number of aryl methyl sites for hydroxylation is 4. The van der Waals surface area contributed by atoms with E-state index in [1.165, 1.54) is 35.9 Å².